The molecule has 0 aromatic carbocycles. The van der Waals surface area contributed by atoms with Crippen LogP contribution < -0.4 is 0 Å². The molecule has 0 aromatic rings. The third kappa shape index (κ3) is 2.84. The molecule has 0 radical (unpaired) electrons. The van der Waals surface area contributed by atoms with E-state index in [1.165, 1.54) is 24.8 Å². The highest BCUT2D eigenvalue weighted by Crippen LogP contribution is 2.37. The molecule has 1 rings (SSSR count). The fraction of sp³-hybridized carbons (Fsp3) is 0.833. The molecule has 0 amide bonds. The van der Waals surface area contributed by atoms with Gasteiger partial charge < -0.3 is 5.11 Å². The van der Waals surface area contributed by atoms with Gasteiger partial charge in [-0.25, -0.2) is 0 Å². The normalized spacial score (nSPS) is 34.5. The smallest absolute Gasteiger partial charge is 0.0650 e. The lowest BCUT2D eigenvalue weighted by Crippen LogP contribution is -2.37. The summed E-state index contributed by atoms with van der Waals surface area (Å²) < 4.78 is 0. The first kappa shape index (κ1) is 10.8. The van der Waals surface area contributed by atoms with E-state index in [1.807, 2.05) is 6.92 Å². The topological polar surface area (TPSA) is 20.2 Å². The third-order valence-corrected chi connectivity index (χ3v) is 3.40. The van der Waals surface area contributed by atoms with Gasteiger partial charge in [0.15, 0.2) is 0 Å². The van der Waals surface area contributed by atoms with Crippen molar-refractivity contribution < 1.29 is 5.11 Å². The van der Waals surface area contributed by atoms with Crippen molar-refractivity contribution in [2.75, 3.05) is 0 Å². The highest BCUT2D eigenvalue weighted by Gasteiger charge is 2.33. The van der Waals surface area contributed by atoms with Crippen LogP contribution in [0, 0.1) is 5.92 Å². The number of hydrogen-bond acceptors (Lipinski definition) is 1. The Morgan fingerprint density at radius 2 is 2.23 bits per heavy atom. The summed E-state index contributed by atoms with van der Waals surface area (Å²) in [5, 5.41) is 10.1. The minimum atomic E-state index is -0.434. The molecule has 76 valence electrons. The first-order valence-electron chi connectivity index (χ1n) is 5.45. The van der Waals surface area contributed by atoms with Crippen molar-refractivity contribution in [2.24, 2.45) is 5.92 Å². The Labute approximate surface area is 81.9 Å². The summed E-state index contributed by atoms with van der Waals surface area (Å²) in [7, 11) is 0. The predicted molar refractivity (Wildman–Crippen MR) is 56.6 cm³/mol. The van der Waals surface area contributed by atoms with Gasteiger partial charge in [0.25, 0.3) is 0 Å². The summed E-state index contributed by atoms with van der Waals surface area (Å²) in [5.41, 5.74) is 0.850. The minimum Gasteiger partial charge on any atom is -0.390 e. The van der Waals surface area contributed by atoms with Gasteiger partial charge in [0.1, 0.15) is 0 Å². The van der Waals surface area contributed by atoms with E-state index in [0.717, 1.165) is 19.3 Å². The van der Waals surface area contributed by atoms with E-state index in [1.54, 1.807) is 0 Å². The van der Waals surface area contributed by atoms with E-state index in [2.05, 4.69) is 13.5 Å². The molecule has 0 bridgehead atoms. The van der Waals surface area contributed by atoms with Gasteiger partial charge in [-0.2, -0.15) is 0 Å². The van der Waals surface area contributed by atoms with Crippen LogP contribution in [0.3, 0.4) is 0 Å². The molecule has 0 aromatic heterocycles. The van der Waals surface area contributed by atoms with Crippen LogP contribution in [0.25, 0.3) is 0 Å². The Balaban J connectivity index is 2.51. The van der Waals surface area contributed by atoms with Gasteiger partial charge in [-0.05, 0) is 38.5 Å². The van der Waals surface area contributed by atoms with Crippen LogP contribution in [-0.2, 0) is 0 Å². The molecule has 1 fully saturated rings. The van der Waals surface area contributed by atoms with E-state index in [0.29, 0.717) is 5.92 Å². The predicted octanol–water partition coefficient (Wildman–Crippen LogP) is 3.28. The van der Waals surface area contributed by atoms with Crippen LogP contribution in [0.15, 0.2) is 12.2 Å². The van der Waals surface area contributed by atoms with E-state index in [4.69, 9.17) is 0 Å². The lowest BCUT2D eigenvalue weighted by molar-refractivity contribution is -0.0315. The molecule has 0 saturated heterocycles. The first-order chi connectivity index (χ1) is 6.06. The number of rotatable bonds is 3. The second-order valence-corrected chi connectivity index (χ2v) is 4.61. The maximum absolute atomic E-state index is 10.1. The van der Waals surface area contributed by atoms with Crippen LogP contribution in [0.2, 0.25) is 0 Å². The molecule has 1 nitrogen and oxygen atoms in total. The Morgan fingerprint density at radius 1 is 1.54 bits per heavy atom. The Bertz CT molecular complexity index is 182. The van der Waals surface area contributed by atoms with Gasteiger partial charge in [0, 0.05) is 0 Å². The highest BCUT2D eigenvalue weighted by atomic mass is 16.3. The summed E-state index contributed by atoms with van der Waals surface area (Å²) in [6.07, 6.45) is 6.66. The molecule has 2 atom stereocenters. The zero-order valence-electron chi connectivity index (χ0n) is 8.97. The molecule has 1 aliphatic carbocycles. The van der Waals surface area contributed by atoms with Crippen molar-refractivity contribution in [3.05, 3.63) is 12.2 Å². The summed E-state index contributed by atoms with van der Waals surface area (Å²) in [5.74, 6) is 0.452. The van der Waals surface area contributed by atoms with Crippen LogP contribution in [-0.4, -0.2) is 10.7 Å². The third-order valence-electron chi connectivity index (χ3n) is 3.40. The summed E-state index contributed by atoms with van der Waals surface area (Å²) in [6, 6.07) is 0. The Kier molecular flexibility index (Phi) is 3.55. The van der Waals surface area contributed by atoms with Crippen molar-refractivity contribution >= 4 is 0 Å². The largest absolute Gasteiger partial charge is 0.390 e. The van der Waals surface area contributed by atoms with E-state index in [9.17, 15) is 5.11 Å². The number of allylic oxidation sites excluding steroid dienone is 1. The second-order valence-electron chi connectivity index (χ2n) is 4.61. The van der Waals surface area contributed by atoms with Crippen molar-refractivity contribution in [1.29, 1.82) is 0 Å². The van der Waals surface area contributed by atoms with Crippen LogP contribution in [0.5, 0.6) is 0 Å². The molecule has 1 heteroatoms. The molecule has 1 N–H and O–H groups in total. The fourth-order valence-corrected chi connectivity index (χ4v) is 2.20. The highest BCUT2D eigenvalue weighted by molar-refractivity contribution is 4.99. The molecule has 13 heavy (non-hydrogen) atoms. The minimum absolute atomic E-state index is 0.434. The van der Waals surface area contributed by atoms with Gasteiger partial charge in [-0.15, -0.1) is 0 Å². The zero-order valence-corrected chi connectivity index (χ0v) is 8.97. The monoisotopic (exact) mass is 182 g/mol. The Hall–Kier alpha value is -0.300. The SMILES string of the molecule is C=C(CC)CC1CCCCC1(C)O. The van der Waals surface area contributed by atoms with Crippen molar-refractivity contribution in [1.82, 2.24) is 0 Å². The first-order valence-corrected chi connectivity index (χ1v) is 5.45. The average molecular weight is 182 g/mol. The molecule has 1 saturated carbocycles. The lowest BCUT2D eigenvalue weighted by Gasteiger charge is -2.37. The second kappa shape index (κ2) is 4.28. The average Bonchev–Trinajstić information content (AvgIpc) is 2.08. The van der Waals surface area contributed by atoms with E-state index in [-0.39, 0.29) is 0 Å². The standard InChI is InChI=1S/C12H22O/c1-4-10(2)9-11-7-5-6-8-12(11,3)13/h11,13H,2,4-9H2,1,3H3. The lowest BCUT2D eigenvalue weighted by atomic mass is 9.73. The van der Waals surface area contributed by atoms with Crippen molar-refractivity contribution in [2.45, 2.75) is 58.0 Å². The fourth-order valence-electron chi connectivity index (χ4n) is 2.20. The maximum Gasteiger partial charge on any atom is 0.0650 e. The molecule has 1 aliphatic rings. The van der Waals surface area contributed by atoms with E-state index >= 15 is 0 Å². The summed E-state index contributed by atoms with van der Waals surface area (Å²) in [6.45, 7) is 8.15. The van der Waals surface area contributed by atoms with Crippen LogP contribution in [0.4, 0.5) is 0 Å². The van der Waals surface area contributed by atoms with Crippen LogP contribution in [0.1, 0.15) is 52.4 Å². The molecule has 0 aliphatic heterocycles. The quantitative estimate of drug-likeness (QED) is 0.664. The molecule has 0 heterocycles. The van der Waals surface area contributed by atoms with Gasteiger partial charge in [0.05, 0.1) is 5.60 Å². The van der Waals surface area contributed by atoms with Gasteiger partial charge in [-0.1, -0.05) is 31.9 Å². The molecular weight excluding hydrogens is 160 g/mol. The molecule has 2 unspecified atom stereocenters. The molecule has 0 spiro atoms. The van der Waals surface area contributed by atoms with Gasteiger partial charge in [0.2, 0.25) is 0 Å². The molecular formula is C12H22O. The van der Waals surface area contributed by atoms with Gasteiger partial charge >= 0.3 is 0 Å². The van der Waals surface area contributed by atoms with E-state index < -0.39 is 5.60 Å². The maximum atomic E-state index is 10.1. The number of aliphatic hydroxyl groups is 1. The van der Waals surface area contributed by atoms with Crippen molar-refractivity contribution in [3.8, 4) is 0 Å². The summed E-state index contributed by atoms with van der Waals surface area (Å²) in [4.78, 5) is 0. The summed E-state index contributed by atoms with van der Waals surface area (Å²) >= 11 is 0. The van der Waals surface area contributed by atoms with Gasteiger partial charge in [-0.3, -0.25) is 0 Å². The Morgan fingerprint density at radius 3 is 2.77 bits per heavy atom. The number of hydrogen-bond donors (Lipinski definition) is 1. The zero-order chi connectivity index (χ0) is 9.90. The van der Waals surface area contributed by atoms with Crippen LogP contribution >= 0.6 is 0 Å². The van der Waals surface area contributed by atoms with Crippen molar-refractivity contribution in [3.63, 3.8) is 0 Å².